The van der Waals surface area contributed by atoms with Crippen molar-refractivity contribution in [2.24, 2.45) is 11.8 Å². The van der Waals surface area contributed by atoms with E-state index in [0.29, 0.717) is 16.8 Å². The number of anilines is 1. The van der Waals surface area contributed by atoms with Crippen molar-refractivity contribution in [2.45, 2.75) is 18.5 Å². The number of rotatable bonds is 6. The first kappa shape index (κ1) is 23.6. The average molecular weight is 487 g/mol. The number of benzene rings is 3. The van der Waals surface area contributed by atoms with Crippen molar-refractivity contribution >= 4 is 23.5 Å². The van der Waals surface area contributed by atoms with Crippen LogP contribution in [0.1, 0.15) is 24.1 Å². The highest BCUT2D eigenvalue weighted by molar-refractivity contribution is 6.24. The predicted octanol–water partition coefficient (Wildman–Crippen LogP) is 3.31. The van der Waals surface area contributed by atoms with E-state index in [2.05, 4.69) is 5.32 Å². The molecule has 4 atom stereocenters. The molecule has 2 aliphatic heterocycles. The van der Waals surface area contributed by atoms with Gasteiger partial charge in [-0.3, -0.25) is 14.9 Å². The first-order valence-electron chi connectivity index (χ1n) is 11.7. The van der Waals surface area contributed by atoms with E-state index in [1.54, 1.807) is 73.7 Å². The smallest absolute Gasteiger partial charge is 0.331 e. The van der Waals surface area contributed by atoms with Crippen molar-refractivity contribution in [1.29, 1.82) is 0 Å². The number of nitrogens with zero attached hydrogens (tertiary/aromatic N) is 1. The number of para-hydroxylation sites is 1. The molecule has 0 unspecified atom stereocenters. The van der Waals surface area contributed by atoms with Crippen LogP contribution in [0.15, 0.2) is 78.9 Å². The van der Waals surface area contributed by atoms with E-state index in [0.717, 1.165) is 4.90 Å². The van der Waals surface area contributed by atoms with Crippen molar-refractivity contribution in [3.05, 3.63) is 90.0 Å². The summed E-state index contributed by atoms with van der Waals surface area (Å²) in [5.74, 6) is -3.33. The molecular formula is C28H26N2O6. The van der Waals surface area contributed by atoms with Crippen LogP contribution >= 0.6 is 0 Å². The van der Waals surface area contributed by atoms with Gasteiger partial charge < -0.3 is 14.6 Å². The van der Waals surface area contributed by atoms with Crippen LogP contribution in [0.25, 0.3) is 0 Å². The van der Waals surface area contributed by atoms with Crippen LogP contribution in [0, 0.1) is 11.8 Å². The molecule has 8 heteroatoms. The number of ether oxygens (including phenoxy) is 2. The summed E-state index contributed by atoms with van der Waals surface area (Å²) >= 11 is 0. The number of esters is 1. The number of aromatic hydroxyl groups is 1. The Labute approximate surface area is 208 Å². The molecule has 36 heavy (non-hydrogen) atoms. The van der Waals surface area contributed by atoms with E-state index in [4.69, 9.17) is 9.47 Å². The van der Waals surface area contributed by atoms with Gasteiger partial charge in [0.1, 0.15) is 0 Å². The Hall–Kier alpha value is -4.17. The molecule has 2 saturated heterocycles. The number of carbonyl (C=O) groups excluding carboxylic acids is 3. The lowest BCUT2D eigenvalue weighted by molar-refractivity contribution is -0.155. The molecule has 0 aliphatic carbocycles. The zero-order valence-corrected chi connectivity index (χ0v) is 19.9. The second-order valence-corrected chi connectivity index (χ2v) is 8.80. The first-order chi connectivity index (χ1) is 17.4. The molecular weight excluding hydrogens is 460 g/mol. The zero-order chi connectivity index (χ0) is 25.4. The lowest BCUT2D eigenvalue weighted by atomic mass is 9.75. The van der Waals surface area contributed by atoms with Crippen molar-refractivity contribution in [3.8, 4) is 11.5 Å². The average Bonchev–Trinajstić information content (AvgIpc) is 3.40. The van der Waals surface area contributed by atoms with Crippen LogP contribution in [0.4, 0.5) is 5.69 Å². The second kappa shape index (κ2) is 9.13. The van der Waals surface area contributed by atoms with Crippen LogP contribution in [0.2, 0.25) is 0 Å². The van der Waals surface area contributed by atoms with Gasteiger partial charge in [-0.15, -0.1) is 0 Å². The van der Waals surface area contributed by atoms with Gasteiger partial charge in [0.15, 0.2) is 17.0 Å². The summed E-state index contributed by atoms with van der Waals surface area (Å²) in [5.41, 5.74) is -0.0381. The van der Waals surface area contributed by atoms with Crippen molar-refractivity contribution in [2.75, 3.05) is 18.6 Å². The molecule has 0 spiro atoms. The van der Waals surface area contributed by atoms with Crippen LogP contribution in [-0.2, 0) is 24.7 Å². The lowest BCUT2D eigenvalue weighted by Gasteiger charge is -2.33. The van der Waals surface area contributed by atoms with E-state index < -0.39 is 41.2 Å². The third-order valence-electron chi connectivity index (χ3n) is 6.96. The molecule has 2 N–H and O–H groups in total. The number of fused-ring (bicyclic) bond motifs is 1. The van der Waals surface area contributed by atoms with E-state index >= 15 is 0 Å². The molecule has 2 fully saturated rings. The van der Waals surface area contributed by atoms with Gasteiger partial charge >= 0.3 is 5.97 Å². The van der Waals surface area contributed by atoms with Crippen LogP contribution < -0.4 is 15.0 Å². The maximum atomic E-state index is 14.0. The fourth-order valence-corrected chi connectivity index (χ4v) is 5.43. The Morgan fingerprint density at radius 1 is 1.00 bits per heavy atom. The van der Waals surface area contributed by atoms with Gasteiger partial charge in [0, 0.05) is 6.04 Å². The fraction of sp³-hybridized carbons (Fsp3) is 0.250. The zero-order valence-electron chi connectivity index (χ0n) is 19.9. The number of phenolic OH excluding ortho intramolecular Hbond substituents is 1. The number of imide groups is 1. The summed E-state index contributed by atoms with van der Waals surface area (Å²) in [6.45, 7) is 1.80. The normalized spacial score (nSPS) is 25.1. The van der Waals surface area contributed by atoms with Gasteiger partial charge in [-0.05, 0) is 42.3 Å². The molecule has 2 aliphatic rings. The highest BCUT2D eigenvalue weighted by atomic mass is 16.5. The Bertz CT molecular complexity index is 1310. The van der Waals surface area contributed by atoms with Crippen LogP contribution in [0.3, 0.4) is 0 Å². The van der Waals surface area contributed by atoms with Crippen LogP contribution in [-0.4, -0.2) is 36.6 Å². The number of phenols is 1. The standard InChI is InChI=1S/C28H26N2O6/c1-3-36-27(34)28(18-10-6-4-7-11-18)23-22(24(29-28)17-14-15-20(31)21(16-17)35-2)25(32)30(26(23)33)19-12-8-5-9-13-19/h4-16,22-24,29,31H,3H2,1-2H3/t22-,23+,24-,28+/m0/s1. The summed E-state index contributed by atoms with van der Waals surface area (Å²) in [4.78, 5) is 42.9. The number of amides is 2. The van der Waals surface area contributed by atoms with Gasteiger partial charge in [-0.1, -0.05) is 54.6 Å². The summed E-state index contributed by atoms with van der Waals surface area (Å²) in [6, 6.07) is 21.6. The fourth-order valence-electron chi connectivity index (χ4n) is 5.43. The van der Waals surface area contributed by atoms with E-state index in [1.165, 1.54) is 13.2 Å². The summed E-state index contributed by atoms with van der Waals surface area (Å²) in [6.07, 6.45) is 0. The Morgan fingerprint density at radius 2 is 1.67 bits per heavy atom. The van der Waals surface area contributed by atoms with Gasteiger partial charge in [0.2, 0.25) is 11.8 Å². The van der Waals surface area contributed by atoms with E-state index in [-0.39, 0.29) is 18.1 Å². The summed E-state index contributed by atoms with van der Waals surface area (Å²) in [7, 11) is 1.43. The summed E-state index contributed by atoms with van der Waals surface area (Å²) in [5, 5.41) is 13.5. The Balaban J connectivity index is 1.73. The molecule has 0 aromatic heterocycles. The molecule has 2 heterocycles. The largest absolute Gasteiger partial charge is 0.504 e. The maximum absolute atomic E-state index is 14.0. The number of hydrogen-bond donors (Lipinski definition) is 2. The highest BCUT2D eigenvalue weighted by Crippen LogP contribution is 2.54. The van der Waals surface area contributed by atoms with Gasteiger partial charge in [0.05, 0.1) is 31.2 Å². The SMILES string of the molecule is CCOC(=O)[C@]1(c2ccccc2)N[C@@H](c2ccc(O)c(OC)c2)[C@H]2C(=O)N(c3ccccc3)C(=O)[C@@H]21. The third kappa shape index (κ3) is 3.45. The lowest BCUT2D eigenvalue weighted by Crippen LogP contribution is -2.54. The minimum absolute atomic E-state index is 0.0600. The molecule has 0 saturated carbocycles. The number of hydrogen-bond acceptors (Lipinski definition) is 7. The van der Waals surface area contributed by atoms with Gasteiger partial charge in [-0.25, -0.2) is 9.69 Å². The van der Waals surface area contributed by atoms with E-state index in [1.807, 2.05) is 6.07 Å². The molecule has 3 aromatic carbocycles. The number of nitrogens with one attached hydrogen (secondary N) is 1. The van der Waals surface area contributed by atoms with Gasteiger partial charge in [0.25, 0.3) is 0 Å². The Kier molecular flexibility index (Phi) is 5.97. The molecule has 8 nitrogen and oxygen atoms in total. The molecule has 0 radical (unpaired) electrons. The quantitative estimate of drug-likeness (QED) is 0.407. The molecule has 5 rings (SSSR count). The van der Waals surface area contributed by atoms with Crippen molar-refractivity contribution in [3.63, 3.8) is 0 Å². The van der Waals surface area contributed by atoms with Gasteiger partial charge in [-0.2, -0.15) is 0 Å². The van der Waals surface area contributed by atoms with E-state index in [9.17, 15) is 19.5 Å². The topological polar surface area (TPSA) is 105 Å². The maximum Gasteiger partial charge on any atom is 0.331 e. The number of methoxy groups -OCH3 is 1. The molecule has 3 aromatic rings. The Morgan fingerprint density at radius 3 is 2.31 bits per heavy atom. The first-order valence-corrected chi connectivity index (χ1v) is 11.7. The minimum atomic E-state index is -1.60. The van der Waals surface area contributed by atoms with Crippen molar-refractivity contribution in [1.82, 2.24) is 5.32 Å². The van der Waals surface area contributed by atoms with Crippen molar-refractivity contribution < 1.29 is 29.0 Å². The number of carbonyl (C=O) groups is 3. The van der Waals surface area contributed by atoms with Crippen LogP contribution in [0.5, 0.6) is 11.5 Å². The predicted molar refractivity (Wildman–Crippen MR) is 131 cm³/mol. The monoisotopic (exact) mass is 486 g/mol. The minimum Gasteiger partial charge on any atom is -0.504 e. The summed E-state index contributed by atoms with van der Waals surface area (Å²) < 4.78 is 10.8. The molecule has 184 valence electrons. The highest BCUT2D eigenvalue weighted by Gasteiger charge is 2.69. The molecule has 2 amide bonds. The second-order valence-electron chi connectivity index (χ2n) is 8.80. The molecule has 0 bridgehead atoms. The third-order valence-corrected chi connectivity index (χ3v) is 6.96.